The smallest absolute Gasteiger partial charge is 0.310 e. The maximum atomic E-state index is 12.8. The first kappa shape index (κ1) is 19.4. The Balaban J connectivity index is 1.61. The predicted molar refractivity (Wildman–Crippen MR) is 101 cm³/mol. The second-order valence-electron chi connectivity index (χ2n) is 6.79. The molecule has 0 radical (unpaired) electrons. The van der Waals surface area contributed by atoms with Crippen LogP contribution in [0.4, 0.5) is 13.2 Å². The summed E-state index contributed by atoms with van der Waals surface area (Å²) in [5.41, 5.74) is 3.03. The van der Waals surface area contributed by atoms with Crippen LogP contribution in [0.25, 0.3) is 6.08 Å². The van der Waals surface area contributed by atoms with Gasteiger partial charge in [0.1, 0.15) is 0 Å². The van der Waals surface area contributed by atoms with Crippen molar-refractivity contribution in [1.82, 2.24) is 5.32 Å². The number of aryl methyl sites for hydroxylation is 1. The third-order valence-electron chi connectivity index (χ3n) is 4.88. The highest BCUT2D eigenvalue weighted by Gasteiger charge is 2.30. The summed E-state index contributed by atoms with van der Waals surface area (Å²) in [5, 5.41) is 3.32. The summed E-state index contributed by atoms with van der Waals surface area (Å²) in [6.07, 6.45) is 2.08. The molecule has 0 saturated carbocycles. The fourth-order valence-corrected chi connectivity index (χ4v) is 3.40. The van der Waals surface area contributed by atoms with Crippen LogP contribution in [0.15, 0.2) is 48.5 Å². The van der Waals surface area contributed by atoms with Crippen molar-refractivity contribution in [3.8, 4) is 0 Å². The Labute approximate surface area is 157 Å². The quantitative estimate of drug-likeness (QED) is 0.669. The molecule has 3 rings (SSSR count). The first-order chi connectivity index (χ1) is 12.9. The molecule has 0 spiro atoms. The van der Waals surface area contributed by atoms with Crippen molar-refractivity contribution in [2.24, 2.45) is 0 Å². The number of alkyl halides is 3. The Kier molecular flexibility index (Phi) is 5.80. The van der Waals surface area contributed by atoms with E-state index in [4.69, 9.17) is 0 Å². The normalized spacial score (nSPS) is 14.7. The molecule has 1 N–H and O–H groups in total. The van der Waals surface area contributed by atoms with Crippen molar-refractivity contribution >= 4 is 11.9 Å². The number of rotatable bonds is 6. The van der Waals surface area contributed by atoms with Gasteiger partial charge < -0.3 is 5.32 Å². The van der Waals surface area contributed by atoms with Crippen LogP contribution >= 0.6 is 0 Å². The molecule has 0 aliphatic heterocycles. The monoisotopic (exact) mass is 373 g/mol. The summed E-state index contributed by atoms with van der Waals surface area (Å²) in [6.45, 7) is 2.44. The number of fused-ring (bicyclic) bond motifs is 1. The van der Waals surface area contributed by atoms with Crippen molar-refractivity contribution in [2.45, 2.75) is 38.4 Å². The summed E-state index contributed by atoms with van der Waals surface area (Å²) in [6, 6.07) is 10.9. The van der Waals surface area contributed by atoms with E-state index in [1.807, 2.05) is 13.0 Å². The van der Waals surface area contributed by atoms with Crippen LogP contribution < -0.4 is 5.32 Å². The minimum Gasteiger partial charge on any atom is -0.310 e. The predicted octanol–water partition coefficient (Wildman–Crippen LogP) is 5.59. The number of halogens is 3. The van der Waals surface area contributed by atoms with E-state index in [1.165, 1.54) is 28.8 Å². The Morgan fingerprint density at radius 1 is 1.19 bits per heavy atom. The van der Waals surface area contributed by atoms with Gasteiger partial charge in [-0.3, -0.25) is 4.79 Å². The minimum absolute atomic E-state index is 0.0528. The Hall–Kier alpha value is -2.40. The number of ketones is 1. The van der Waals surface area contributed by atoms with Gasteiger partial charge in [-0.2, -0.15) is 13.2 Å². The fourth-order valence-electron chi connectivity index (χ4n) is 3.40. The average molecular weight is 373 g/mol. The fraction of sp³-hybridized carbons (Fsp3) is 0.318. The topological polar surface area (TPSA) is 29.1 Å². The number of carbonyl (C=O) groups excluding carboxylic acids is 1. The molecule has 0 saturated heterocycles. The number of carbonyl (C=O) groups is 1. The van der Waals surface area contributed by atoms with Crippen LogP contribution in [0.5, 0.6) is 0 Å². The van der Waals surface area contributed by atoms with Crippen molar-refractivity contribution in [1.29, 1.82) is 0 Å². The molecule has 2 aromatic rings. The second kappa shape index (κ2) is 8.09. The van der Waals surface area contributed by atoms with Crippen molar-refractivity contribution in [2.75, 3.05) is 6.54 Å². The molecule has 0 heterocycles. The van der Waals surface area contributed by atoms with Crippen molar-refractivity contribution in [3.63, 3.8) is 0 Å². The second-order valence-corrected chi connectivity index (χ2v) is 6.79. The van der Waals surface area contributed by atoms with Crippen LogP contribution in [0.3, 0.4) is 0 Å². The first-order valence-corrected chi connectivity index (χ1v) is 9.08. The molecule has 1 aliphatic rings. The van der Waals surface area contributed by atoms with E-state index in [-0.39, 0.29) is 23.8 Å². The van der Waals surface area contributed by atoms with Crippen LogP contribution in [-0.2, 0) is 12.6 Å². The molecule has 27 heavy (non-hydrogen) atoms. The average Bonchev–Trinajstić information content (AvgIpc) is 2.66. The van der Waals surface area contributed by atoms with E-state index < -0.39 is 11.7 Å². The lowest BCUT2D eigenvalue weighted by Gasteiger charge is -2.20. The van der Waals surface area contributed by atoms with E-state index >= 15 is 0 Å². The van der Waals surface area contributed by atoms with Crippen LogP contribution in [-0.4, -0.2) is 12.3 Å². The molecule has 1 atom stereocenters. The summed E-state index contributed by atoms with van der Waals surface area (Å²) in [5.74, 6) is -0.296. The van der Waals surface area contributed by atoms with E-state index in [9.17, 15) is 18.0 Å². The van der Waals surface area contributed by atoms with Gasteiger partial charge in [-0.25, -0.2) is 0 Å². The first-order valence-electron chi connectivity index (χ1n) is 9.08. The maximum Gasteiger partial charge on any atom is 0.416 e. The van der Waals surface area contributed by atoms with Crippen LogP contribution in [0.2, 0.25) is 0 Å². The number of allylic oxidation sites excluding steroid dienone is 1. The lowest BCUT2D eigenvalue weighted by atomic mass is 9.90. The van der Waals surface area contributed by atoms with E-state index in [0.717, 1.165) is 25.0 Å². The highest BCUT2D eigenvalue weighted by atomic mass is 19.4. The molecule has 0 aromatic heterocycles. The molecule has 1 unspecified atom stereocenters. The molecule has 2 aromatic carbocycles. The summed E-state index contributed by atoms with van der Waals surface area (Å²) >= 11 is 0. The van der Waals surface area contributed by atoms with Gasteiger partial charge in [0.25, 0.3) is 0 Å². The lowest BCUT2D eigenvalue weighted by Crippen LogP contribution is -2.23. The van der Waals surface area contributed by atoms with Gasteiger partial charge in [-0.15, -0.1) is 0 Å². The van der Waals surface area contributed by atoms with Crippen molar-refractivity contribution in [3.05, 3.63) is 76.4 Å². The van der Waals surface area contributed by atoms with E-state index in [2.05, 4.69) is 29.6 Å². The molecule has 1 aliphatic carbocycles. The third kappa shape index (κ3) is 4.66. The minimum atomic E-state index is -4.44. The number of benzene rings is 2. The van der Waals surface area contributed by atoms with Crippen molar-refractivity contribution < 1.29 is 18.0 Å². The molecule has 5 heteroatoms. The largest absolute Gasteiger partial charge is 0.416 e. The van der Waals surface area contributed by atoms with Crippen LogP contribution in [0, 0.1) is 0 Å². The zero-order chi connectivity index (χ0) is 19.4. The number of Topliss-reactive ketones (excluding diaryl/α,β-unsaturated/α-hetero) is 1. The SMILES string of the molecule is CC(NCCC(=O)c1cccc(C(F)(F)F)c1)c1cccc2c1C=CCC2. The highest BCUT2D eigenvalue weighted by molar-refractivity contribution is 5.96. The molecule has 2 nitrogen and oxygen atoms in total. The summed E-state index contributed by atoms with van der Waals surface area (Å²) in [4.78, 5) is 12.3. The lowest BCUT2D eigenvalue weighted by molar-refractivity contribution is -0.137. The number of hydrogen-bond acceptors (Lipinski definition) is 2. The molecule has 0 amide bonds. The third-order valence-corrected chi connectivity index (χ3v) is 4.88. The zero-order valence-corrected chi connectivity index (χ0v) is 15.1. The Morgan fingerprint density at radius 3 is 2.74 bits per heavy atom. The van der Waals surface area contributed by atoms with Gasteiger partial charge in [0.05, 0.1) is 5.56 Å². The molecular weight excluding hydrogens is 351 g/mol. The molecule has 0 fully saturated rings. The number of nitrogens with one attached hydrogen (secondary N) is 1. The highest BCUT2D eigenvalue weighted by Crippen LogP contribution is 2.30. The molecule has 0 bridgehead atoms. The van der Waals surface area contributed by atoms with E-state index in [1.54, 1.807) is 0 Å². The van der Waals surface area contributed by atoms with E-state index in [0.29, 0.717) is 6.54 Å². The summed E-state index contributed by atoms with van der Waals surface area (Å²) < 4.78 is 38.4. The van der Waals surface area contributed by atoms with Gasteiger partial charge in [-0.1, -0.05) is 42.5 Å². The van der Waals surface area contributed by atoms with Gasteiger partial charge in [0, 0.05) is 24.6 Å². The van der Waals surface area contributed by atoms with Gasteiger partial charge in [0.2, 0.25) is 0 Å². The Bertz CT molecular complexity index is 855. The maximum absolute atomic E-state index is 12.8. The van der Waals surface area contributed by atoms with Gasteiger partial charge in [-0.05, 0) is 48.6 Å². The standard InChI is InChI=1S/C22H22F3NO/c1-15(19-11-5-7-16-6-2-3-10-20(16)19)26-13-12-21(27)17-8-4-9-18(14-17)22(23,24)25/h3-5,7-11,14-15,26H,2,6,12-13H2,1H3. The molecular formula is C22H22F3NO. The zero-order valence-electron chi connectivity index (χ0n) is 15.1. The Morgan fingerprint density at radius 2 is 1.96 bits per heavy atom. The van der Waals surface area contributed by atoms with Gasteiger partial charge >= 0.3 is 6.18 Å². The number of hydrogen-bond donors (Lipinski definition) is 1. The van der Waals surface area contributed by atoms with Gasteiger partial charge in [0.15, 0.2) is 5.78 Å². The summed E-state index contributed by atoms with van der Waals surface area (Å²) in [7, 11) is 0. The van der Waals surface area contributed by atoms with Crippen LogP contribution in [0.1, 0.15) is 58.4 Å². The molecule has 142 valence electrons.